The molecule has 0 radical (unpaired) electrons. The molecule has 2 fully saturated rings. The van der Waals surface area contributed by atoms with Crippen LogP contribution in [0.25, 0.3) is 0 Å². The smallest absolute Gasteiger partial charge is 0.119 e. The predicted octanol–water partition coefficient (Wildman–Crippen LogP) is 4.52. The number of aliphatic hydroxyl groups is 2. The average Bonchev–Trinajstić information content (AvgIpc) is 3.54. The molecule has 2 aliphatic rings. The van der Waals surface area contributed by atoms with Gasteiger partial charge < -0.3 is 19.7 Å². The van der Waals surface area contributed by atoms with Crippen molar-refractivity contribution in [1.82, 2.24) is 0 Å². The Hall–Kier alpha value is -1.88. The molecule has 29 heavy (non-hydrogen) atoms. The third-order valence-electron chi connectivity index (χ3n) is 5.83. The fourth-order valence-corrected chi connectivity index (χ4v) is 4.27. The summed E-state index contributed by atoms with van der Waals surface area (Å²) in [6.07, 6.45) is 3.79. The minimum absolute atomic E-state index is 0.0502. The van der Waals surface area contributed by atoms with E-state index in [1.54, 1.807) is 0 Å². The molecule has 156 valence electrons. The predicted molar refractivity (Wildman–Crippen MR) is 113 cm³/mol. The average molecular weight is 397 g/mol. The van der Waals surface area contributed by atoms with E-state index < -0.39 is 6.10 Å². The highest BCUT2D eigenvalue weighted by atomic mass is 16.5. The van der Waals surface area contributed by atoms with Crippen molar-refractivity contribution >= 4 is 0 Å². The SMILES string of the molecule is CC(C)Oc1ccc(Cc2cc([C@H]3C[C@@H](O)C[C@@H](CO)O3)ccc2C2CC2)cc1. The molecule has 2 N–H and O–H groups in total. The van der Waals surface area contributed by atoms with Gasteiger partial charge in [-0.1, -0.05) is 30.3 Å². The summed E-state index contributed by atoms with van der Waals surface area (Å²) in [7, 11) is 0. The van der Waals surface area contributed by atoms with E-state index in [0.717, 1.165) is 17.7 Å². The van der Waals surface area contributed by atoms with Crippen LogP contribution < -0.4 is 4.74 Å². The number of hydrogen-bond donors (Lipinski definition) is 2. The van der Waals surface area contributed by atoms with E-state index in [9.17, 15) is 10.2 Å². The summed E-state index contributed by atoms with van der Waals surface area (Å²) >= 11 is 0. The third kappa shape index (κ3) is 5.19. The van der Waals surface area contributed by atoms with Gasteiger partial charge in [-0.3, -0.25) is 0 Å². The van der Waals surface area contributed by atoms with Crippen LogP contribution in [0.3, 0.4) is 0 Å². The highest BCUT2D eigenvalue weighted by Crippen LogP contribution is 2.43. The van der Waals surface area contributed by atoms with Gasteiger partial charge in [0.25, 0.3) is 0 Å². The minimum atomic E-state index is -0.425. The van der Waals surface area contributed by atoms with E-state index in [-0.39, 0.29) is 24.9 Å². The van der Waals surface area contributed by atoms with Crippen molar-refractivity contribution in [3.05, 3.63) is 64.7 Å². The Bertz CT molecular complexity index is 810. The fraction of sp³-hybridized carbons (Fsp3) is 0.520. The second-order valence-corrected chi connectivity index (χ2v) is 8.77. The largest absolute Gasteiger partial charge is 0.491 e. The summed E-state index contributed by atoms with van der Waals surface area (Å²) in [5, 5.41) is 19.7. The van der Waals surface area contributed by atoms with Crippen molar-refractivity contribution in [3.8, 4) is 5.75 Å². The van der Waals surface area contributed by atoms with E-state index in [4.69, 9.17) is 9.47 Å². The summed E-state index contributed by atoms with van der Waals surface area (Å²) in [6, 6.07) is 15.0. The van der Waals surface area contributed by atoms with Gasteiger partial charge in [-0.15, -0.1) is 0 Å². The van der Waals surface area contributed by atoms with Crippen molar-refractivity contribution in [1.29, 1.82) is 0 Å². The standard InChI is InChI=1S/C25H32O4/c1-16(2)28-22-8-3-17(4-9-22)11-20-12-19(7-10-24(20)18-5-6-18)25-14-21(27)13-23(15-26)29-25/h3-4,7-10,12,16,18,21,23,25-27H,5-6,11,13-15H2,1-2H3/t21-,23-,25+/m0/s1. The maximum atomic E-state index is 10.2. The maximum Gasteiger partial charge on any atom is 0.119 e. The molecule has 0 bridgehead atoms. The zero-order chi connectivity index (χ0) is 20.4. The second-order valence-electron chi connectivity index (χ2n) is 8.77. The number of ether oxygens (including phenoxy) is 2. The number of aliphatic hydroxyl groups excluding tert-OH is 2. The van der Waals surface area contributed by atoms with E-state index in [1.807, 2.05) is 26.0 Å². The van der Waals surface area contributed by atoms with Gasteiger partial charge >= 0.3 is 0 Å². The summed E-state index contributed by atoms with van der Waals surface area (Å²) in [5.41, 5.74) is 5.14. The first-order valence-electron chi connectivity index (χ1n) is 10.8. The van der Waals surface area contributed by atoms with Gasteiger partial charge in [0.15, 0.2) is 0 Å². The summed E-state index contributed by atoms with van der Waals surface area (Å²) in [5.74, 6) is 1.57. The number of hydrogen-bond acceptors (Lipinski definition) is 4. The van der Waals surface area contributed by atoms with Crippen LogP contribution in [0.15, 0.2) is 42.5 Å². The fourth-order valence-electron chi connectivity index (χ4n) is 4.27. The molecule has 1 aliphatic carbocycles. The molecule has 0 unspecified atom stereocenters. The van der Waals surface area contributed by atoms with E-state index >= 15 is 0 Å². The van der Waals surface area contributed by atoms with Crippen molar-refractivity contribution in [3.63, 3.8) is 0 Å². The molecule has 4 nitrogen and oxygen atoms in total. The Balaban J connectivity index is 1.56. The van der Waals surface area contributed by atoms with Crippen LogP contribution in [0.4, 0.5) is 0 Å². The lowest BCUT2D eigenvalue weighted by Crippen LogP contribution is -2.33. The van der Waals surface area contributed by atoms with Crippen molar-refractivity contribution in [2.75, 3.05) is 6.61 Å². The molecule has 3 atom stereocenters. The summed E-state index contributed by atoms with van der Waals surface area (Å²) in [4.78, 5) is 0. The van der Waals surface area contributed by atoms with Crippen LogP contribution in [0.2, 0.25) is 0 Å². The zero-order valence-corrected chi connectivity index (χ0v) is 17.4. The topological polar surface area (TPSA) is 58.9 Å². The maximum absolute atomic E-state index is 10.2. The van der Waals surface area contributed by atoms with Crippen molar-refractivity contribution in [2.24, 2.45) is 0 Å². The van der Waals surface area contributed by atoms with E-state index in [1.165, 1.54) is 29.5 Å². The highest BCUT2D eigenvalue weighted by Gasteiger charge is 2.31. The first-order valence-corrected chi connectivity index (χ1v) is 10.8. The molecule has 2 aromatic carbocycles. The van der Waals surface area contributed by atoms with Gasteiger partial charge in [0, 0.05) is 12.8 Å². The second kappa shape index (κ2) is 8.86. The Morgan fingerprint density at radius 1 is 1.07 bits per heavy atom. The van der Waals surface area contributed by atoms with Crippen LogP contribution in [-0.2, 0) is 11.2 Å². The van der Waals surface area contributed by atoms with Gasteiger partial charge in [-0.25, -0.2) is 0 Å². The van der Waals surface area contributed by atoms with Crippen LogP contribution in [0, 0.1) is 0 Å². The monoisotopic (exact) mass is 396 g/mol. The quantitative estimate of drug-likeness (QED) is 0.723. The summed E-state index contributed by atoms with van der Waals surface area (Å²) < 4.78 is 11.8. The molecule has 4 rings (SSSR count). The molecule has 1 heterocycles. The van der Waals surface area contributed by atoms with E-state index in [2.05, 4.69) is 30.3 Å². The van der Waals surface area contributed by atoms with Gasteiger partial charge in [0.1, 0.15) is 5.75 Å². The lowest BCUT2D eigenvalue weighted by Gasteiger charge is -2.33. The molecule has 1 saturated heterocycles. The zero-order valence-electron chi connectivity index (χ0n) is 17.4. The Morgan fingerprint density at radius 2 is 1.83 bits per heavy atom. The summed E-state index contributed by atoms with van der Waals surface area (Å²) in [6.45, 7) is 4.02. The van der Waals surface area contributed by atoms with Gasteiger partial charge in [-0.2, -0.15) is 0 Å². The lowest BCUT2D eigenvalue weighted by atomic mass is 9.90. The molecule has 1 aliphatic heterocycles. The molecule has 2 aromatic rings. The van der Waals surface area contributed by atoms with Crippen LogP contribution in [-0.4, -0.2) is 35.1 Å². The molecule has 0 aromatic heterocycles. The molecule has 1 saturated carbocycles. The van der Waals surface area contributed by atoms with Crippen molar-refractivity contribution in [2.45, 2.75) is 76.3 Å². The molecule has 0 spiro atoms. The van der Waals surface area contributed by atoms with Gasteiger partial charge in [0.2, 0.25) is 0 Å². The normalized spacial score (nSPS) is 24.7. The highest BCUT2D eigenvalue weighted by molar-refractivity contribution is 5.41. The number of rotatable bonds is 7. The first-order chi connectivity index (χ1) is 14.0. The molecule has 4 heteroatoms. The Morgan fingerprint density at radius 3 is 2.48 bits per heavy atom. The van der Waals surface area contributed by atoms with Crippen molar-refractivity contribution < 1.29 is 19.7 Å². The Kier molecular flexibility index (Phi) is 6.23. The lowest BCUT2D eigenvalue weighted by molar-refractivity contribution is -0.113. The van der Waals surface area contributed by atoms with Crippen LogP contribution in [0.5, 0.6) is 5.75 Å². The number of benzene rings is 2. The van der Waals surface area contributed by atoms with Gasteiger partial charge in [0.05, 0.1) is 31.0 Å². The Labute approximate surface area is 173 Å². The molecular weight excluding hydrogens is 364 g/mol. The van der Waals surface area contributed by atoms with Crippen LogP contribution in [0.1, 0.15) is 73.8 Å². The van der Waals surface area contributed by atoms with Crippen LogP contribution >= 0.6 is 0 Å². The third-order valence-corrected chi connectivity index (χ3v) is 5.83. The van der Waals surface area contributed by atoms with Gasteiger partial charge in [-0.05, 0) is 73.4 Å². The first kappa shape index (κ1) is 20.4. The molecular formula is C25H32O4. The van der Waals surface area contributed by atoms with E-state index in [0.29, 0.717) is 18.8 Å². The molecule has 0 amide bonds. The minimum Gasteiger partial charge on any atom is -0.491 e.